The van der Waals surface area contributed by atoms with E-state index in [-0.39, 0.29) is 17.8 Å². The number of pyridine rings is 1. The van der Waals surface area contributed by atoms with Gasteiger partial charge in [-0.15, -0.1) is 0 Å². The number of rotatable bonds is 4. The maximum Gasteiger partial charge on any atom is 0.274 e. The Morgan fingerprint density at radius 2 is 1.93 bits per heavy atom. The molecule has 1 aliphatic heterocycles. The van der Waals surface area contributed by atoms with Crippen LogP contribution >= 0.6 is 0 Å². The number of nitrogens with zero attached hydrogens (tertiary/aromatic N) is 4. The van der Waals surface area contributed by atoms with Gasteiger partial charge in [-0.05, 0) is 74.6 Å². The van der Waals surface area contributed by atoms with Crippen LogP contribution in [0, 0.1) is 12.7 Å². The molecule has 150 valence electrons. The third kappa shape index (κ3) is 4.06. The zero-order valence-corrected chi connectivity index (χ0v) is 16.8. The Morgan fingerprint density at radius 1 is 1.14 bits per heavy atom. The first kappa shape index (κ1) is 19.3. The monoisotopic (exact) mass is 392 g/mol. The number of piperidine rings is 1. The number of aryl methyl sites for hydroxylation is 2. The molecule has 2 aromatic heterocycles. The Kier molecular flexibility index (Phi) is 5.43. The lowest BCUT2D eigenvalue weighted by Crippen LogP contribution is -2.39. The number of carbonyl (C=O) groups is 1. The van der Waals surface area contributed by atoms with Crippen molar-refractivity contribution < 1.29 is 9.18 Å². The SMILES string of the molecule is CCn1ccc(C(=O)N2CCCCC2c2cc(-c3ccc(F)cc3)cc(C)n2)n1. The molecule has 4 rings (SSSR count). The predicted molar refractivity (Wildman–Crippen MR) is 110 cm³/mol. The van der Waals surface area contributed by atoms with Crippen LogP contribution in [0.25, 0.3) is 11.1 Å². The van der Waals surface area contributed by atoms with E-state index in [0.717, 1.165) is 48.3 Å². The van der Waals surface area contributed by atoms with Crippen molar-refractivity contribution in [1.82, 2.24) is 19.7 Å². The molecule has 0 N–H and O–H groups in total. The van der Waals surface area contributed by atoms with E-state index in [1.807, 2.05) is 37.1 Å². The molecule has 1 amide bonds. The number of aromatic nitrogens is 3. The molecule has 29 heavy (non-hydrogen) atoms. The van der Waals surface area contributed by atoms with Gasteiger partial charge in [0.15, 0.2) is 0 Å². The summed E-state index contributed by atoms with van der Waals surface area (Å²) in [5, 5.41) is 4.39. The molecule has 3 aromatic rings. The van der Waals surface area contributed by atoms with Gasteiger partial charge < -0.3 is 4.90 Å². The highest BCUT2D eigenvalue weighted by Gasteiger charge is 2.31. The fraction of sp³-hybridized carbons (Fsp3) is 0.348. The van der Waals surface area contributed by atoms with Gasteiger partial charge in [-0.25, -0.2) is 4.39 Å². The largest absolute Gasteiger partial charge is 0.329 e. The summed E-state index contributed by atoms with van der Waals surface area (Å²) in [6.45, 7) is 5.38. The molecule has 6 heteroatoms. The number of hydrogen-bond donors (Lipinski definition) is 0. The summed E-state index contributed by atoms with van der Waals surface area (Å²) in [5.41, 5.74) is 4.17. The van der Waals surface area contributed by atoms with E-state index in [4.69, 9.17) is 4.98 Å². The standard InChI is InChI=1S/C23H25FN4O/c1-3-27-13-11-20(26-27)23(29)28-12-5-4-6-22(28)21-15-18(14-16(2)25-21)17-7-9-19(24)10-8-17/h7-11,13-15,22H,3-6,12H2,1-2H3. The Morgan fingerprint density at radius 3 is 2.66 bits per heavy atom. The van der Waals surface area contributed by atoms with E-state index in [0.29, 0.717) is 12.2 Å². The summed E-state index contributed by atoms with van der Waals surface area (Å²) in [6, 6.07) is 12.2. The Balaban J connectivity index is 1.67. The molecule has 0 spiro atoms. The molecule has 1 atom stereocenters. The zero-order chi connectivity index (χ0) is 20.4. The lowest BCUT2D eigenvalue weighted by molar-refractivity contribution is 0.0599. The molecule has 0 bridgehead atoms. The number of likely N-dealkylation sites (tertiary alicyclic amines) is 1. The summed E-state index contributed by atoms with van der Waals surface area (Å²) in [7, 11) is 0. The van der Waals surface area contributed by atoms with Gasteiger partial charge in [-0.1, -0.05) is 12.1 Å². The van der Waals surface area contributed by atoms with E-state index >= 15 is 0 Å². The minimum Gasteiger partial charge on any atom is -0.329 e. The topological polar surface area (TPSA) is 51.0 Å². The second-order valence-electron chi connectivity index (χ2n) is 7.50. The third-order valence-electron chi connectivity index (χ3n) is 5.44. The van der Waals surface area contributed by atoms with Crippen LogP contribution in [0.5, 0.6) is 0 Å². The highest BCUT2D eigenvalue weighted by Crippen LogP contribution is 2.33. The van der Waals surface area contributed by atoms with Crippen LogP contribution < -0.4 is 0 Å². The van der Waals surface area contributed by atoms with Gasteiger partial charge in [0.1, 0.15) is 11.5 Å². The number of hydrogen-bond acceptors (Lipinski definition) is 3. The normalized spacial score (nSPS) is 16.8. The average molecular weight is 392 g/mol. The zero-order valence-electron chi connectivity index (χ0n) is 16.8. The quantitative estimate of drug-likeness (QED) is 0.642. The molecule has 1 unspecified atom stereocenters. The molecule has 1 aromatic carbocycles. The fourth-order valence-corrected chi connectivity index (χ4v) is 3.96. The van der Waals surface area contributed by atoms with Crippen molar-refractivity contribution in [3.63, 3.8) is 0 Å². The van der Waals surface area contributed by atoms with Gasteiger partial charge in [-0.3, -0.25) is 14.5 Å². The summed E-state index contributed by atoms with van der Waals surface area (Å²) >= 11 is 0. The van der Waals surface area contributed by atoms with Crippen LogP contribution in [0.3, 0.4) is 0 Å². The number of amides is 1. The summed E-state index contributed by atoms with van der Waals surface area (Å²) in [5.74, 6) is -0.302. The molecule has 3 heterocycles. The highest BCUT2D eigenvalue weighted by atomic mass is 19.1. The van der Waals surface area contributed by atoms with Crippen molar-refractivity contribution in [2.75, 3.05) is 6.54 Å². The Labute approximate surface area is 170 Å². The second-order valence-corrected chi connectivity index (χ2v) is 7.50. The lowest BCUT2D eigenvalue weighted by atomic mass is 9.95. The van der Waals surface area contributed by atoms with E-state index in [1.54, 1.807) is 22.9 Å². The molecule has 0 radical (unpaired) electrons. The molecular weight excluding hydrogens is 367 g/mol. The molecule has 1 saturated heterocycles. The average Bonchev–Trinajstić information content (AvgIpc) is 3.22. The number of benzene rings is 1. The van der Waals surface area contributed by atoms with Gasteiger partial charge in [0.25, 0.3) is 5.91 Å². The third-order valence-corrected chi connectivity index (χ3v) is 5.44. The van der Waals surface area contributed by atoms with Crippen LogP contribution in [-0.4, -0.2) is 32.1 Å². The molecular formula is C23H25FN4O. The van der Waals surface area contributed by atoms with E-state index in [2.05, 4.69) is 5.10 Å². The smallest absolute Gasteiger partial charge is 0.274 e. The van der Waals surface area contributed by atoms with Crippen LogP contribution in [-0.2, 0) is 6.54 Å². The van der Waals surface area contributed by atoms with Crippen LogP contribution in [0.2, 0.25) is 0 Å². The first-order valence-corrected chi connectivity index (χ1v) is 10.1. The maximum absolute atomic E-state index is 13.3. The second kappa shape index (κ2) is 8.15. The van der Waals surface area contributed by atoms with Crippen LogP contribution in [0.15, 0.2) is 48.7 Å². The molecule has 5 nitrogen and oxygen atoms in total. The first-order valence-electron chi connectivity index (χ1n) is 10.1. The van der Waals surface area contributed by atoms with E-state index < -0.39 is 0 Å². The molecule has 1 aliphatic rings. The lowest BCUT2D eigenvalue weighted by Gasteiger charge is -2.35. The maximum atomic E-state index is 13.3. The van der Waals surface area contributed by atoms with Gasteiger partial charge >= 0.3 is 0 Å². The first-order chi connectivity index (χ1) is 14.0. The molecule has 0 aliphatic carbocycles. The van der Waals surface area contributed by atoms with Gasteiger partial charge in [0.2, 0.25) is 0 Å². The molecule has 1 fully saturated rings. The summed E-state index contributed by atoms with van der Waals surface area (Å²) < 4.78 is 15.1. The van der Waals surface area contributed by atoms with Crippen molar-refractivity contribution >= 4 is 5.91 Å². The minimum absolute atomic E-state index is 0.0476. The predicted octanol–water partition coefficient (Wildman–Crippen LogP) is 4.78. The Bertz CT molecular complexity index is 1010. The molecule has 0 saturated carbocycles. The number of halogens is 1. The minimum atomic E-state index is -0.254. The summed E-state index contributed by atoms with van der Waals surface area (Å²) in [6.07, 6.45) is 4.75. The van der Waals surface area contributed by atoms with E-state index in [9.17, 15) is 9.18 Å². The van der Waals surface area contributed by atoms with Crippen molar-refractivity contribution in [3.05, 3.63) is 71.6 Å². The van der Waals surface area contributed by atoms with E-state index in [1.165, 1.54) is 12.1 Å². The summed E-state index contributed by atoms with van der Waals surface area (Å²) in [4.78, 5) is 19.8. The highest BCUT2D eigenvalue weighted by molar-refractivity contribution is 5.92. The van der Waals surface area contributed by atoms with Crippen molar-refractivity contribution in [1.29, 1.82) is 0 Å². The van der Waals surface area contributed by atoms with Gasteiger partial charge in [0, 0.05) is 25.0 Å². The van der Waals surface area contributed by atoms with Crippen LogP contribution in [0.4, 0.5) is 4.39 Å². The number of carbonyl (C=O) groups excluding carboxylic acids is 1. The fourth-order valence-electron chi connectivity index (χ4n) is 3.96. The van der Waals surface area contributed by atoms with Gasteiger partial charge in [0.05, 0.1) is 11.7 Å². The van der Waals surface area contributed by atoms with Gasteiger partial charge in [-0.2, -0.15) is 5.10 Å². The van der Waals surface area contributed by atoms with Crippen LogP contribution in [0.1, 0.15) is 54.1 Å². The Hall–Kier alpha value is -3.02. The van der Waals surface area contributed by atoms with Crippen molar-refractivity contribution in [2.45, 2.75) is 45.7 Å². The van der Waals surface area contributed by atoms with Crippen molar-refractivity contribution in [2.24, 2.45) is 0 Å². The van der Waals surface area contributed by atoms with Crippen molar-refractivity contribution in [3.8, 4) is 11.1 Å².